The molecule has 1 aliphatic heterocycles. The fourth-order valence-corrected chi connectivity index (χ4v) is 1.87. The predicted octanol–water partition coefficient (Wildman–Crippen LogP) is 3.17. The van der Waals surface area contributed by atoms with E-state index < -0.39 is 5.60 Å². The third-order valence-electron chi connectivity index (χ3n) is 2.66. The number of carbonyl (C=O) groups excluding carboxylic acids is 1. The Morgan fingerprint density at radius 1 is 1.26 bits per heavy atom. The van der Waals surface area contributed by atoms with E-state index in [0.717, 1.165) is 0 Å². The van der Waals surface area contributed by atoms with Gasteiger partial charge < -0.3 is 4.74 Å². The van der Waals surface area contributed by atoms with Crippen LogP contribution in [0.5, 0.6) is 0 Å². The lowest BCUT2D eigenvalue weighted by atomic mass is 10.2. The van der Waals surface area contributed by atoms with Crippen molar-refractivity contribution in [1.29, 1.82) is 0 Å². The minimum atomic E-state index is -0.480. The smallest absolute Gasteiger partial charge is 0.429 e. The fourth-order valence-electron chi connectivity index (χ4n) is 1.87. The highest BCUT2D eigenvalue weighted by atomic mass is 16.6. The molecule has 0 spiro atoms. The van der Waals surface area contributed by atoms with Gasteiger partial charge in [0, 0.05) is 19.3 Å². The van der Waals surface area contributed by atoms with Gasteiger partial charge in [-0.1, -0.05) is 36.4 Å². The topological polar surface area (TPSA) is 32.8 Å². The summed E-state index contributed by atoms with van der Waals surface area (Å²) in [5.41, 5.74) is 0.686. The lowest BCUT2D eigenvalue weighted by molar-refractivity contribution is -0.0179. The summed E-state index contributed by atoms with van der Waals surface area (Å²) in [7, 11) is 0. The maximum absolute atomic E-state index is 12.1. The monoisotopic (exact) mass is 260 g/mol. The normalized spacial score (nSPS) is 15.8. The Morgan fingerprint density at radius 3 is 2.58 bits per heavy atom. The zero-order valence-corrected chi connectivity index (χ0v) is 11.7. The number of amides is 1. The maximum Gasteiger partial charge on any atom is 0.429 e. The van der Waals surface area contributed by atoms with Gasteiger partial charge in [-0.05, 0) is 26.3 Å². The van der Waals surface area contributed by atoms with E-state index >= 15 is 0 Å². The van der Waals surface area contributed by atoms with E-state index in [9.17, 15) is 4.79 Å². The van der Waals surface area contributed by atoms with Crippen molar-refractivity contribution in [3.05, 3.63) is 48.2 Å². The summed E-state index contributed by atoms with van der Waals surface area (Å²) >= 11 is 0. The van der Waals surface area contributed by atoms with E-state index in [0.29, 0.717) is 13.1 Å². The van der Waals surface area contributed by atoms with Gasteiger partial charge in [-0.25, -0.2) is 14.8 Å². The van der Waals surface area contributed by atoms with Crippen molar-refractivity contribution in [2.24, 2.45) is 0 Å². The summed E-state index contributed by atoms with van der Waals surface area (Å²) in [5, 5.41) is 3.49. The molecule has 2 rings (SSSR count). The number of benzene rings is 1. The standard InChI is InChI=1S/C15H20N2O2/c1-15(2,3)19-14(18)17-11-7-10-16(17)12-13-8-5-4-6-9-13/h4-9,11H,10,12H2,1-3H3. The molecule has 0 aliphatic carbocycles. The van der Waals surface area contributed by atoms with Crippen LogP contribution in [0.3, 0.4) is 0 Å². The molecule has 1 aromatic rings. The van der Waals surface area contributed by atoms with Crippen LogP contribution >= 0.6 is 0 Å². The van der Waals surface area contributed by atoms with E-state index in [2.05, 4.69) is 0 Å². The number of carbonyl (C=O) groups is 1. The lowest BCUT2D eigenvalue weighted by Crippen LogP contribution is -2.42. The van der Waals surface area contributed by atoms with Crippen LogP contribution in [0.1, 0.15) is 26.3 Å². The van der Waals surface area contributed by atoms with Gasteiger partial charge in [0.25, 0.3) is 0 Å². The Balaban J connectivity index is 2.00. The molecule has 1 aromatic carbocycles. The third-order valence-corrected chi connectivity index (χ3v) is 2.66. The molecule has 0 unspecified atom stereocenters. The van der Waals surface area contributed by atoms with Crippen LogP contribution in [0.4, 0.5) is 4.79 Å². The van der Waals surface area contributed by atoms with Gasteiger partial charge in [0.1, 0.15) is 5.60 Å². The molecule has 4 heteroatoms. The van der Waals surface area contributed by atoms with Crippen LogP contribution in [0.2, 0.25) is 0 Å². The van der Waals surface area contributed by atoms with E-state index in [-0.39, 0.29) is 6.09 Å². The van der Waals surface area contributed by atoms with Crippen molar-refractivity contribution in [2.75, 3.05) is 6.54 Å². The first kappa shape index (κ1) is 13.6. The molecule has 1 heterocycles. The molecule has 102 valence electrons. The van der Waals surface area contributed by atoms with Crippen LogP contribution < -0.4 is 0 Å². The number of hydrazine groups is 1. The van der Waals surface area contributed by atoms with Crippen LogP contribution in [0.25, 0.3) is 0 Å². The largest absolute Gasteiger partial charge is 0.442 e. The molecular formula is C15H20N2O2. The average molecular weight is 260 g/mol. The SMILES string of the molecule is CC(C)(C)OC(=O)N1C=CCN1Cc1ccccc1. The Bertz CT molecular complexity index is 463. The van der Waals surface area contributed by atoms with E-state index in [1.807, 2.05) is 62.2 Å². The second-order valence-electron chi connectivity index (χ2n) is 5.54. The Labute approximate surface area is 114 Å². The summed E-state index contributed by atoms with van der Waals surface area (Å²) in [4.78, 5) is 12.1. The zero-order chi connectivity index (χ0) is 13.9. The number of rotatable bonds is 2. The van der Waals surface area contributed by atoms with Crippen molar-refractivity contribution < 1.29 is 9.53 Å². The third kappa shape index (κ3) is 3.83. The first-order valence-corrected chi connectivity index (χ1v) is 6.43. The summed E-state index contributed by atoms with van der Waals surface area (Å²) in [5.74, 6) is 0. The number of nitrogens with zero attached hydrogens (tertiary/aromatic N) is 2. The second kappa shape index (κ2) is 5.45. The molecule has 0 fully saturated rings. The number of ether oxygens (including phenoxy) is 1. The number of hydrogen-bond donors (Lipinski definition) is 0. The first-order valence-electron chi connectivity index (χ1n) is 6.43. The zero-order valence-electron chi connectivity index (χ0n) is 11.7. The highest BCUT2D eigenvalue weighted by Gasteiger charge is 2.27. The highest BCUT2D eigenvalue weighted by Crippen LogP contribution is 2.17. The van der Waals surface area contributed by atoms with Gasteiger partial charge in [-0.3, -0.25) is 0 Å². The van der Waals surface area contributed by atoms with Crippen molar-refractivity contribution in [1.82, 2.24) is 10.0 Å². The Morgan fingerprint density at radius 2 is 1.95 bits per heavy atom. The van der Waals surface area contributed by atoms with Gasteiger partial charge in [0.2, 0.25) is 0 Å². The van der Waals surface area contributed by atoms with Crippen LogP contribution in [-0.4, -0.2) is 28.3 Å². The molecule has 4 nitrogen and oxygen atoms in total. The molecule has 0 N–H and O–H groups in total. The van der Waals surface area contributed by atoms with Crippen LogP contribution in [-0.2, 0) is 11.3 Å². The van der Waals surface area contributed by atoms with E-state index in [1.54, 1.807) is 6.20 Å². The Hall–Kier alpha value is -1.81. The molecule has 1 aliphatic rings. The number of hydrogen-bond acceptors (Lipinski definition) is 3. The Kier molecular flexibility index (Phi) is 3.90. The van der Waals surface area contributed by atoms with Gasteiger partial charge >= 0.3 is 6.09 Å². The minimum Gasteiger partial charge on any atom is -0.442 e. The molecule has 0 aromatic heterocycles. The molecule has 0 radical (unpaired) electrons. The van der Waals surface area contributed by atoms with E-state index in [1.165, 1.54) is 10.6 Å². The van der Waals surface area contributed by atoms with Gasteiger partial charge in [-0.2, -0.15) is 0 Å². The quantitative estimate of drug-likeness (QED) is 0.818. The summed E-state index contributed by atoms with van der Waals surface area (Å²) < 4.78 is 5.38. The minimum absolute atomic E-state index is 0.336. The molecule has 0 atom stereocenters. The molecular weight excluding hydrogens is 240 g/mol. The lowest BCUT2D eigenvalue weighted by Gasteiger charge is -2.29. The molecule has 0 bridgehead atoms. The maximum atomic E-state index is 12.1. The van der Waals surface area contributed by atoms with Crippen LogP contribution in [0, 0.1) is 0 Å². The van der Waals surface area contributed by atoms with Crippen molar-refractivity contribution in [2.45, 2.75) is 32.9 Å². The summed E-state index contributed by atoms with van der Waals surface area (Å²) in [6.45, 7) is 7.01. The molecule has 0 saturated heterocycles. The molecule has 19 heavy (non-hydrogen) atoms. The summed E-state index contributed by atoms with van der Waals surface area (Å²) in [6, 6.07) is 10.1. The van der Waals surface area contributed by atoms with Gasteiger partial charge in [-0.15, -0.1) is 0 Å². The van der Waals surface area contributed by atoms with Crippen LogP contribution in [0.15, 0.2) is 42.6 Å². The fraction of sp³-hybridized carbons (Fsp3) is 0.400. The summed E-state index contributed by atoms with van der Waals surface area (Å²) in [6.07, 6.45) is 3.38. The van der Waals surface area contributed by atoms with E-state index in [4.69, 9.17) is 4.74 Å². The van der Waals surface area contributed by atoms with Crippen molar-refractivity contribution in [3.63, 3.8) is 0 Å². The molecule has 0 saturated carbocycles. The second-order valence-corrected chi connectivity index (χ2v) is 5.54. The molecule has 1 amide bonds. The van der Waals surface area contributed by atoms with Gasteiger partial charge in [0.15, 0.2) is 0 Å². The highest BCUT2D eigenvalue weighted by molar-refractivity contribution is 5.69. The average Bonchev–Trinajstić information content (AvgIpc) is 2.76. The van der Waals surface area contributed by atoms with Crippen molar-refractivity contribution >= 4 is 6.09 Å². The predicted molar refractivity (Wildman–Crippen MR) is 74.1 cm³/mol. The van der Waals surface area contributed by atoms with Crippen molar-refractivity contribution in [3.8, 4) is 0 Å². The first-order chi connectivity index (χ1) is 8.96. The van der Waals surface area contributed by atoms with Gasteiger partial charge in [0.05, 0.1) is 0 Å².